The maximum atomic E-state index is 10.7. The first-order chi connectivity index (χ1) is 10.8. The summed E-state index contributed by atoms with van der Waals surface area (Å²) < 4.78 is 5.62. The lowest BCUT2D eigenvalue weighted by molar-refractivity contribution is -0.234. The van der Waals surface area contributed by atoms with Gasteiger partial charge >= 0.3 is 5.97 Å². The van der Waals surface area contributed by atoms with Crippen molar-refractivity contribution in [2.75, 3.05) is 0 Å². The van der Waals surface area contributed by atoms with E-state index in [0.717, 1.165) is 25.7 Å². The number of ether oxygens (including phenoxy) is 1. The topological polar surface area (TPSA) is 59.1 Å². The van der Waals surface area contributed by atoms with Crippen LogP contribution in [0.2, 0.25) is 0 Å². The quantitative estimate of drug-likeness (QED) is 0.161. The number of hydrogen-bond donors (Lipinski definition) is 1. The zero-order valence-corrected chi connectivity index (χ0v) is 14.0. The largest absolute Gasteiger partial charge is 0.365 e. The molecule has 1 saturated heterocycles. The molecule has 0 saturated carbocycles. The Morgan fingerprint density at radius 1 is 1.09 bits per heavy atom. The molecule has 0 aliphatic carbocycles. The van der Waals surface area contributed by atoms with Crippen LogP contribution in [-0.2, 0) is 14.4 Å². The van der Waals surface area contributed by atoms with Gasteiger partial charge in [0, 0.05) is 6.42 Å². The lowest BCUT2D eigenvalue weighted by Crippen LogP contribution is -1.99. The van der Waals surface area contributed by atoms with Gasteiger partial charge in [0.1, 0.15) is 6.10 Å². The summed E-state index contributed by atoms with van der Waals surface area (Å²) in [6, 6.07) is 0. The van der Waals surface area contributed by atoms with Crippen LogP contribution in [-0.4, -0.2) is 23.4 Å². The summed E-state index contributed by atoms with van der Waals surface area (Å²) in [5.41, 5.74) is 0. The molecule has 0 spiro atoms. The van der Waals surface area contributed by atoms with Crippen LogP contribution in [0.15, 0.2) is 12.2 Å². The highest BCUT2D eigenvalue weighted by molar-refractivity contribution is 5.68. The SMILES string of the molecule is CCC/C=C/C1OC1CCCCCCCCCCC(=O)OO. The molecule has 4 nitrogen and oxygen atoms in total. The first kappa shape index (κ1) is 19.2. The first-order valence-corrected chi connectivity index (χ1v) is 8.94. The summed E-state index contributed by atoms with van der Waals surface area (Å²) in [6.45, 7) is 2.19. The molecule has 0 aromatic rings. The Bertz CT molecular complexity index is 314. The molecule has 0 aromatic heterocycles. The number of rotatable bonds is 14. The van der Waals surface area contributed by atoms with Gasteiger partial charge in [0.25, 0.3) is 0 Å². The molecule has 22 heavy (non-hydrogen) atoms. The molecule has 1 rings (SSSR count). The summed E-state index contributed by atoms with van der Waals surface area (Å²) in [7, 11) is 0. The number of allylic oxidation sites excluding steroid dienone is 1. The molecular weight excluding hydrogens is 280 g/mol. The lowest BCUT2D eigenvalue weighted by Gasteiger charge is -2.01. The number of epoxide rings is 1. The van der Waals surface area contributed by atoms with Crippen LogP contribution < -0.4 is 0 Å². The lowest BCUT2D eigenvalue weighted by atomic mass is 10.0. The molecule has 1 aliphatic rings. The minimum atomic E-state index is -0.523. The van der Waals surface area contributed by atoms with Crippen molar-refractivity contribution in [1.29, 1.82) is 0 Å². The van der Waals surface area contributed by atoms with Crippen molar-refractivity contribution in [2.24, 2.45) is 0 Å². The smallest absolute Gasteiger partial charge is 0.342 e. The van der Waals surface area contributed by atoms with E-state index in [0.29, 0.717) is 18.6 Å². The minimum Gasteiger partial charge on any atom is -0.365 e. The summed E-state index contributed by atoms with van der Waals surface area (Å²) in [5.74, 6) is -0.523. The molecule has 0 aromatic carbocycles. The highest BCUT2D eigenvalue weighted by atomic mass is 17.1. The van der Waals surface area contributed by atoms with Crippen molar-refractivity contribution in [3.05, 3.63) is 12.2 Å². The Morgan fingerprint density at radius 3 is 2.36 bits per heavy atom. The molecule has 2 unspecified atom stereocenters. The zero-order chi connectivity index (χ0) is 16.0. The van der Waals surface area contributed by atoms with Crippen LogP contribution >= 0.6 is 0 Å². The van der Waals surface area contributed by atoms with E-state index in [1.807, 2.05) is 0 Å². The van der Waals surface area contributed by atoms with E-state index < -0.39 is 5.97 Å². The Kier molecular flexibility index (Phi) is 11.0. The van der Waals surface area contributed by atoms with Gasteiger partial charge in [-0.05, 0) is 19.3 Å². The third-order valence-corrected chi connectivity index (χ3v) is 4.12. The zero-order valence-electron chi connectivity index (χ0n) is 14.0. The molecular formula is C18H32O4. The number of carbonyl (C=O) groups excluding carboxylic acids is 1. The second kappa shape index (κ2) is 12.7. The first-order valence-electron chi connectivity index (χ1n) is 8.94. The average Bonchev–Trinajstić information content (AvgIpc) is 3.27. The average molecular weight is 312 g/mol. The summed E-state index contributed by atoms with van der Waals surface area (Å²) in [6.07, 6.45) is 18.6. The van der Waals surface area contributed by atoms with Crippen molar-refractivity contribution >= 4 is 5.97 Å². The maximum Gasteiger partial charge on any atom is 0.342 e. The Labute approximate surface area is 134 Å². The number of carbonyl (C=O) groups is 1. The second-order valence-electron chi connectivity index (χ2n) is 6.19. The van der Waals surface area contributed by atoms with Gasteiger partial charge < -0.3 is 9.62 Å². The Morgan fingerprint density at radius 2 is 1.73 bits per heavy atom. The highest BCUT2D eigenvalue weighted by Crippen LogP contribution is 2.28. The van der Waals surface area contributed by atoms with Crippen molar-refractivity contribution in [1.82, 2.24) is 0 Å². The van der Waals surface area contributed by atoms with Crippen molar-refractivity contribution in [2.45, 2.75) is 96.2 Å². The fraction of sp³-hybridized carbons (Fsp3) is 0.833. The van der Waals surface area contributed by atoms with Crippen molar-refractivity contribution in [3.8, 4) is 0 Å². The van der Waals surface area contributed by atoms with E-state index in [1.54, 1.807) is 0 Å². The van der Waals surface area contributed by atoms with E-state index in [-0.39, 0.29) is 0 Å². The summed E-state index contributed by atoms with van der Waals surface area (Å²) in [4.78, 5) is 14.3. The summed E-state index contributed by atoms with van der Waals surface area (Å²) in [5, 5.41) is 8.11. The molecule has 0 radical (unpaired) electrons. The van der Waals surface area contributed by atoms with E-state index in [1.165, 1.54) is 44.9 Å². The normalized spacial score (nSPS) is 20.5. The fourth-order valence-electron chi connectivity index (χ4n) is 2.68. The van der Waals surface area contributed by atoms with Crippen LogP contribution in [0.25, 0.3) is 0 Å². The third-order valence-electron chi connectivity index (χ3n) is 4.12. The maximum absolute atomic E-state index is 10.7. The van der Waals surface area contributed by atoms with Crippen LogP contribution in [0.3, 0.4) is 0 Å². The van der Waals surface area contributed by atoms with E-state index >= 15 is 0 Å². The monoisotopic (exact) mass is 312 g/mol. The van der Waals surface area contributed by atoms with Crippen molar-refractivity contribution < 1.29 is 19.7 Å². The van der Waals surface area contributed by atoms with Gasteiger partial charge in [-0.25, -0.2) is 4.79 Å². The third kappa shape index (κ3) is 9.96. The van der Waals surface area contributed by atoms with E-state index in [4.69, 9.17) is 9.99 Å². The fourth-order valence-corrected chi connectivity index (χ4v) is 2.68. The highest BCUT2D eigenvalue weighted by Gasteiger charge is 2.35. The van der Waals surface area contributed by atoms with Gasteiger partial charge in [0.15, 0.2) is 0 Å². The molecule has 1 aliphatic heterocycles. The van der Waals surface area contributed by atoms with E-state index in [2.05, 4.69) is 24.0 Å². The molecule has 2 atom stereocenters. The molecule has 1 N–H and O–H groups in total. The minimum absolute atomic E-state index is 0.325. The predicted octanol–water partition coefficient (Wildman–Crippen LogP) is 5.03. The number of hydrogen-bond acceptors (Lipinski definition) is 4. The molecule has 1 heterocycles. The molecule has 1 fully saturated rings. The molecule has 4 heteroatoms. The Hall–Kier alpha value is -0.870. The second-order valence-corrected chi connectivity index (χ2v) is 6.19. The van der Waals surface area contributed by atoms with Gasteiger partial charge in [0.2, 0.25) is 0 Å². The van der Waals surface area contributed by atoms with Gasteiger partial charge in [-0.15, -0.1) is 0 Å². The van der Waals surface area contributed by atoms with Gasteiger partial charge in [-0.3, -0.25) is 0 Å². The standard InChI is InChI=1S/C18H32O4/c1-2-3-10-13-16-17(21-16)14-11-8-6-4-5-7-9-12-15-18(19)22-20/h10,13,16-17,20H,2-9,11-12,14-15H2,1H3/b13-10+. The van der Waals surface area contributed by atoms with Crippen LogP contribution in [0, 0.1) is 0 Å². The molecule has 0 amide bonds. The number of unbranched alkanes of at least 4 members (excludes halogenated alkanes) is 8. The summed E-state index contributed by atoms with van der Waals surface area (Å²) >= 11 is 0. The van der Waals surface area contributed by atoms with Crippen LogP contribution in [0.5, 0.6) is 0 Å². The van der Waals surface area contributed by atoms with Gasteiger partial charge in [0.05, 0.1) is 6.10 Å². The van der Waals surface area contributed by atoms with Crippen molar-refractivity contribution in [3.63, 3.8) is 0 Å². The molecule has 0 bridgehead atoms. The molecule has 128 valence electrons. The van der Waals surface area contributed by atoms with Crippen LogP contribution in [0.1, 0.15) is 84.0 Å². The van der Waals surface area contributed by atoms with Gasteiger partial charge in [-0.2, -0.15) is 5.26 Å². The van der Waals surface area contributed by atoms with Crippen LogP contribution in [0.4, 0.5) is 0 Å². The Balaban J connectivity index is 1.77. The van der Waals surface area contributed by atoms with Gasteiger partial charge in [-0.1, -0.05) is 70.4 Å². The predicted molar refractivity (Wildman–Crippen MR) is 87.6 cm³/mol. The van der Waals surface area contributed by atoms with E-state index in [9.17, 15) is 4.79 Å².